The number of hydrogen-bond donors (Lipinski definition) is 0. The number of carbonyl (C=O) groups excluding carboxylic acids is 1. The molecule has 0 fully saturated rings. The standard InChI is InChI=1S/C15H19N3O2S2/c1-9-12(13(19)20-15(2,3)4)22-14(17-9)18-6-5-10-11(7-18)21-8-16-10/h8H,5-7H2,1-4H3. The Bertz CT molecular complexity index is 700. The predicted molar refractivity (Wildman–Crippen MR) is 88.9 cm³/mol. The summed E-state index contributed by atoms with van der Waals surface area (Å²) in [5.74, 6) is -0.288. The summed E-state index contributed by atoms with van der Waals surface area (Å²) in [6.07, 6.45) is 0.930. The molecule has 2 aromatic heterocycles. The smallest absolute Gasteiger partial charge is 0.350 e. The van der Waals surface area contributed by atoms with Crippen molar-refractivity contribution in [3.05, 3.63) is 26.7 Å². The van der Waals surface area contributed by atoms with E-state index in [1.165, 1.54) is 21.9 Å². The quantitative estimate of drug-likeness (QED) is 0.786. The van der Waals surface area contributed by atoms with E-state index >= 15 is 0 Å². The van der Waals surface area contributed by atoms with Crippen LogP contribution >= 0.6 is 22.7 Å². The summed E-state index contributed by atoms with van der Waals surface area (Å²) in [5.41, 5.74) is 3.34. The van der Waals surface area contributed by atoms with Crippen LogP contribution in [0.3, 0.4) is 0 Å². The highest BCUT2D eigenvalue weighted by molar-refractivity contribution is 7.17. The molecule has 0 bridgehead atoms. The van der Waals surface area contributed by atoms with Gasteiger partial charge in [-0.3, -0.25) is 0 Å². The van der Waals surface area contributed by atoms with Crippen LogP contribution in [0.15, 0.2) is 5.51 Å². The van der Waals surface area contributed by atoms with Gasteiger partial charge in [0.05, 0.1) is 23.4 Å². The summed E-state index contributed by atoms with van der Waals surface area (Å²) in [4.78, 5) is 25.3. The Morgan fingerprint density at radius 2 is 2.18 bits per heavy atom. The van der Waals surface area contributed by atoms with Crippen LogP contribution in [-0.4, -0.2) is 28.1 Å². The zero-order valence-corrected chi connectivity index (χ0v) is 14.8. The van der Waals surface area contributed by atoms with Gasteiger partial charge in [-0.25, -0.2) is 14.8 Å². The number of hydrogen-bond acceptors (Lipinski definition) is 7. The van der Waals surface area contributed by atoms with Gasteiger partial charge in [-0.1, -0.05) is 11.3 Å². The van der Waals surface area contributed by atoms with Crippen molar-refractivity contribution in [2.75, 3.05) is 11.4 Å². The van der Waals surface area contributed by atoms with Crippen molar-refractivity contribution in [2.45, 2.75) is 46.3 Å². The second-order valence-electron chi connectivity index (χ2n) is 6.31. The largest absolute Gasteiger partial charge is 0.456 e. The normalized spacial score (nSPS) is 14.8. The van der Waals surface area contributed by atoms with Crippen molar-refractivity contribution in [3.63, 3.8) is 0 Å². The van der Waals surface area contributed by atoms with Gasteiger partial charge in [0.25, 0.3) is 0 Å². The van der Waals surface area contributed by atoms with E-state index in [4.69, 9.17) is 4.74 Å². The van der Waals surface area contributed by atoms with Gasteiger partial charge in [0.1, 0.15) is 10.5 Å². The van der Waals surface area contributed by atoms with E-state index in [1.807, 2.05) is 33.2 Å². The van der Waals surface area contributed by atoms with Crippen molar-refractivity contribution in [1.82, 2.24) is 9.97 Å². The number of aryl methyl sites for hydroxylation is 1. The molecule has 0 spiro atoms. The number of rotatable bonds is 2. The molecule has 22 heavy (non-hydrogen) atoms. The lowest BCUT2D eigenvalue weighted by Gasteiger charge is -2.25. The third kappa shape index (κ3) is 3.15. The molecule has 5 nitrogen and oxygen atoms in total. The van der Waals surface area contributed by atoms with Crippen LogP contribution in [0.4, 0.5) is 5.13 Å². The number of anilines is 1. The van der Waals surface area contributed by atoms with Gasteiger partial charge < -0.3 is 9.64 Å². The minimum atomic E-state index is -0.490. The minimum absolute atomic E-state index is 0.288. The lowest BCUT2D eigenvalue weighted by molar-refractivity contribution is 0.00742. The van der Waals surface area contributed by atoms with Crippen molar-refractivity contribution in [2.24, 2.45) is 0 Å². The Morgan fingerprint density at radius 3 is 2.91 bits per heavy atom. The molecule has 0 unspecified atom stereocenters. The van der Waals surface area contributed by atoms with Crippen molar-refractivity contribution in [1.29, 1.82) is 0 Å². The van der Waals surface area contributed by atoms with Crippen LogP contribution in [0.5, 0.6) is 0 Å². The number of thiazole rings is 2. The topological polar surface area (TPSA) is 55.3 Å². The first-order valence-electron chi connectivity index (χ1n) is 7.20. The minimum Gasteiger partial charge on any atom is -0.456 e. The molecule has 118 valence electrons. The van der Waals surface area contributed by atoms with Gasteiger partial charge in [-0.15, -0.1) is 11.3 Å². The predicted octanol–water partition coefficient (Wildman–Crippen LogP) is 3.43. The van der Waals surface area contributed by atoms with Crippen molar-refractivity contribution < 1.29 is 9.53 Å². The summed E-state index contributed by atoms with van der Waals surface area (Å²) in [5, 5.41) is 0.886. The Hall–Kier alpha value is -1.47. The Labute approximate surface area is 138 Å². The molecule has 0 radical (unpaired) electrons. The van der Waals surface area contributed by atoms with Gasteiger partial charge in [0.2, 0.25) is 0 Å². The van der Waals surface area contributed by atoms with E-state index in [2.05, 4.69) is 14.9 Å². The first-order valence-corrected chi connectivity index (χ1v) is 8.90. The molecule has 0 saturated carbocycles. The molecule has 1 aliphatic rings. The lowest BCUT2D eigenvalue weighted by atomic mass is 10.2. The van der Waals surface area contributed by atoms with Gasteiger partial charge in [0.15, 0.2) is 5.13 Å². The number of esters is 1. The molecule has 0 aromatic carbocycles. The number of nitrogens with zero attached hydrogens (tertiary/aromatic N) is 3. The van der Waals surface area contributed by atoms with Crippen LogP contribution in [0.1, 0.15) is 46.7 Å². The number of aromatic nitrogens is 2. The molecule has 0 amide bonds. The monoisotopic (exact) mass is 337 g/mol. The molecular weight excluding hydrogens is 318 g/mol. The highest BCUT2D eigenvalue weighted by Crippen LogP contribution is 2.32. The zero-order chi connectivity index (χ0) is 15.9. The second kappa shape index (κ2) is 5.62. The molecule has 0 saturated heterocycles. The molecule has 0 N–H and O–H groups in total. The van der Waals surface area contributed by atoms with E-state index in [0.717, 1.165) is 30.3 Å². The third-order valence-electron chi connectivity index (χ3n) is 3.32. The van der Waals surface area contributed by atoms with Crippen LogP contribution < -0.4 is 4.90 Å². The summed E-state index contributed by atoms with van der Waals surface area (Å²) in [7, 11) is 0. The van der Waals surface area contributed by atoms with E-state index in [-0.39, 0.29) is 5.97 Å². The van der Waals surface area contributed by atoms with Crippen molar-refractivity contribution >= 4 is 33.8 Å². The number of carbonyl (C=O) groups is 1. The lowest BCUT2D eigenvalue weighted by Crippen LogP contribution is -2.29. The third-order valence-corrected chi connectivity index (χ3v) is 5.38. The van der Waals surface area contributed by atoms with E-state index in [0.29, 0.717) is 4.88 Å². The average molecular weight is 337 g/mol. The maximum Gasteiger partial charge on any atom is 0.350 e. The Balaban J connectivity index is 1.80. The first kappa shape index (κ1) is 15.4. The fourth-order valence-electron chi connectivity index (χ4n) is 2.31. The molecule has 1 aliphatic heterocycles. The van der Waals surface area contributed by atoms with Crippen LogP contribution in [0.25, 0.3) is 0 Å². The molecule has 7 heteroatoms. The highest BCUT2D eigenvalue weighted by atomic mass is 32.1. The molecule has 3 rings (SSSR count). The fraction of sp³-hybridized carbons (Fsp3) is 0.533. The first-order chi connectivity index (χ1) is 10.3. The van der Waals surface area contributed by atoms with Crippen molar-refractivity contribution in [3.8, 4) is 0 Å². The van der Waals surface area contributed by atoms with E-state index < -0.39 is 5.60 Å². The second-order valence-corrected chi connectivity index (χ2v) is 8.22. The summed E-state index contributed by atoms with van der Waals surface area (Å²) in [6, 6.07) is 0. The van der Waals surface area contributed by atoms with Gasteiger partial charge in [-0.2, -0.15) is 0 Å². The summed E-state index contributed by atoms with van der Waals surface area (Å²) < 4.78 is 5.45. The Morgan fingerprint density at radius 1 is 1.41 bits per heavy atom. The molecule has 0 aliphatic carbocycles. The zero-order valence-electron chi connectivity index (χ0n) is 13.2. The van der Waals surface area contributed by atoms with E-state index in [1.54, 1.807) is 11.3 Å². The average Bonchev–Trinajstić information content (AvgIpc) is 3.01. The van der Waals surface area contributed by atoms with Crippen LogP contribution in [0, 0.1) is 6.92 Å². The summed E-state index contributed by atoms with van der Waals surface area (Å²) >= 11 is 3.10. The van der Waals surface area contributed by atoms with Gasteiger partial charge in [-0.05, 0) is 27.7 Å². The van der Waals surface area contributed by atoms with E-state index in [9.17, 15) is 4.79 Å². The van der Waals surface area contributed by atoms with Crippen LogP contribution in [0.2, 0.25) is 0 Å². The fourth-order valence-corrected chi connectivity index (χ4v) is 4.11. The number of ether oxygens (including phenoxy) is 1. The highest BCUT2D eigenvalue weighted by Gasteiger charge is 2.26. The SMILES string of the molecule is Cc1nc(N2CCc3ncsc3C2)sc1C(=O)OC(C)(C)C. The molecule has 2 aromatic rings. The maximum absolute atomic E-state index is 12.3. The summed E-state index contributed by atoms with van der Waals surface area (Å²) in [6.45, 7) is 9.19. The van der Waals surface area contributed by atoms with Crippen LogP contribution in [-0.2, 0) is 17.7 Å². The maximum atomic E-state index is 12.3. The Kier molecular flexibility index (Phi) is 3.94. The number of fused-ring (bicyclic) bond motifs is 1. The molecular formula is C15H19N3O2S2. The van der Waals surface area contributed by atoms with Gasteiger partial charge >= 0.3 is 5.97 Å². The molecule has 3 heterocycles. The molecule has 0 atom stereocenters. The van der Waals surface area contributed by atoms with Gasteiger partial charge in [0, 0.05) is 17.8 Å².